The molecule has 1 atom stereocenters. The van der Waals surface area contributed by atoms with E-state index in [0.29, 0.717) is 29.6 Å². The molecule has 25 heavy (non-hydrogen) atoms. The zero-order valence-electron chi connectivity index (χ0n) is 14.1. The number of rotatable bonds is 5. The molecule has 3 rings (SSSR count). The predicted molar refractivity (Wildman–Crippen MR) is 94.2 cm³/mol. The molecule has 0 aliphatic carbocycles. The Morgan fingerprint density at radius 3 is 2.96 bits per heavy atom. The molecule has 2 heterocycles. The summed E-state index contributed by atoms with van der Waals surface area (Å²) < 4.78 is 13.3. The number of tetrazole rings is 1. The quantitative estimate of drug-likeness (QED) is 0.761. The van der Waals surface area contributed by atoms with Crippen molar-refractivity contribution in [3.8, 4) is 5.75 Å². The van der Waals surface area contributed by atoms with E-state index < -0.39 is 12.0 Å². The predicted octanol–water partition coefficient (Wildman–Crippen LogP) is 2.69. The van der Waals surface area contributed by atoms with E-state index in [1.807, 2.05) is 25.1 Å². The molecule has 0 fully saturated rings. The molecular formula is C16H18BrN5O3. The average molecular weight is 408 g/mol. The third kappa shape index (κ3) is 3.23. The molecule has 132 valence electrons. The standard InChI is InChI=1S/C16H18BrN5O3/c1-4-7-25-12-6-5-10(17)8-11(12)14-13(15(23)24-3)9(2)18-16-19-20-21-22(14)16/h5-6,8,14H,4,7H2,1-3H3,(H,18,19,21)/t14-/m1/s1. The van der Waals surface area contributed by atoms with E-state index in [1.54, 1.807) is 11.6 Å². The zero-order chi connectivity index (χ0) is 18.0. The van der Waals surface area contributed by atoms with Gasteiger partial charge in [0.25, 0.3) is 0 Å². The Morgan fingerprint density at radius 2 is 2.24 bits per heavy atom. The number of nitrogens with one attached hydrogen (secondary N) is 1. The van der Waals surface area contributed by atoms with Gasteiger partial charge in [-0.25, -0.2) is 4.79 Å². The molecular weight excluding hydrogens is 390 g/mol. The summed E-state index contributed by atoms with van der Waals surface area (Å²) in [5.74, 6) is 0.682. The van der Waals surface area contributed by atoms with Crippen molar-refractivity contribution in [1.29, 1.82) is 0 Å². The van der Waals surface area contributed by atoms with Crippen molar-refractivity contribution >= 4 is 27.8 Å². The number of fused-ring (bicyclic) bond motifs is 1. The molecule has 0 spiro atoms. The number of hydrogen-bond acceptors (Lipinski definition) is 7. The number of methoxy groups -OCH3 is 1. The highest BCUT2D eigenvalue weighted by Gasteiger charge is 2.36. The SMILES string of the molecule is CCCOc1ccc(Br)cc1[C@@H]1C(C(=O)OC)=C(C)Nc2nnnn21. The molecule has 0 amide bonds. The first kappa shape index (κ1) is 17.4. The molecule has 9 heteroatoms. The van der Waals surface area contributed by atoms with Crippen molar-refractivity contribution in [3.63, 3.8) is 0 Å². The van der Waals surface area contributed by atoms with Crippen LogP contribution in [0.3, 0.4) is 0 Å². The number of esters is 1. The number of ether oxygens (including phenoxy) is 2. The highest BCUT2D eigenvalue weighted by atomic mass is 79.9. The van der Waals surface area contributed by atoms with Gasteiger partial charge in [-0.1, -0.05) is 28.0 Å². The second-order valence-corrected chi connectivity index (χ2v) is 6.45. The lowest BCUT2D eigenvalue weighted by Crippen LogP contribution is -2.29. The number of benzene rings is 1. The Labute approximate surface area is 153 Å². The van der Waals surface area contributed by atoms with Crippen LogP contribution in [0, 0.1) is 0 Å². The molecule has 0 saturated heterocycles. The van der Waals surface area contributed by atoms with Gasteiger partial charge in [0, 0.05) is 15.7 Å². The van der Waals surface area contributed by atoms with Crippen LogP contribution in [0.2, 0.25) is 0 Å². The molecule has 0 saturated carbocycles. The third-order valence-electron chi connectivity index (χ3n) is 3.85. The van der Waals surface area contributed by atoms with Crippen molar-refractivity contribution in [1.82, 2.24) is 20.2 Å². The Bertz CT molecular complexity index is 833. The van der Waals surface area contributed by atoms with Crippen LogP contribution in [0.25, 0.3) is 0 Å². The molecule has 0 radical (unpaired) electrons. The fraction of sp³-hybridized carbons (Fsp3) is 0.375. The summed E-state index contributed by atoms with van der Waals surface area (Å²) in [5.41, 5.74) is 1.85. The summed E-state index contributed by atoms with van der Waals surface area (Å²) in [6, 6.07) is 5.11. The first-order chi connectivity index (χ1) is 12.1. The number of hydrogen-bond donors (Lipinski definition) is 1. The third-order valence-corrected chi connectivity index (χ3v) is 4.34. The van der Waals surface area contributed by atoms with E-state index in [-0.39, 0.29) is 0 Å². The molecule has 0 bridgehead atoms. The molecule has 1 aromatic carbocycles. The van der Waals surface area contributed by atoms with Crippen LogP contribution in [-0.2, 0) is 9.53 Å². The second-order valence-electron chi connectivity index (χ2n) is 5.54. The second kappa shape index (κ2) is 7.22. The van der Waals surface area contributed by atoms with Gasteiger partial charge < -0.3 is 14.8 Å². The normalized spacial score (nSPS) is 16.2. The fourth-order valence-electron chi connectivity index (χ4n) is 2.75. The highest BCUT2D eigenvalue weighted by Crippen LogP contribution is 2.40. The summed E-state index contributed by atoms with van der Waals surface area (Å²) >= 11 is 3.49. The topological polar surface area (TPSA) is 91.2 Å². The van der Waals surface area contributed by atoms with E-state index in [0.717, 1.165) is 16.5 Å². The van der Waals surface area contributed by atoms with Crippen LogP contribution in [0.4, 0.5) is 5.95 Å². The van der Waals surface area contributed by atoms with Gasteiger partial charge in [0.15, 0.2) is 0 Å². The van der Waals surface area contributed by atoms with Crippen molar-refractivity contribution in [2.45, 2.75) is 26.3 Å². The van der Waals surface area contributed by atoms with Crippen LogP contribution < -0.4 is 10.1 Å². The van der Waals surface area contributed by atoms with Crippen molar-refractivity contribution < 1.29 is 14.3 Å². The maximum atomic E-state index is 12.4. The van der Waals surface area contributed by atoms with Crippen LogP contribution in [0.15, 0.2) is 33.9 Å². The maximum absolute atomic E-state index is 12.4. The number of halogens is 1. The van der Waals surface area contributed by atoms with Crippen LogP contribution in [0.5, 0.6) is 5.75 Å². The Kier molecular flexibility index (Phi) is 5.03. The molecule has 2 aromatic rings. The van der Waals surface area contributed by atoms with E-state index in [2.05, 4.69) is 36.8 Å². The Hall–Kier alpha value is -2.42. The lowest BCUT2D eigenvalue weighted by Gasteiger charge is -2.28. The number of anilines is 1. The van der Waals surface area contributed by atoms with Crippen molar-refractivity contribution in [2.75, 3.05) is 19.0 Å². The van der Waals surface area contributed by atoms with E-state index in [1.165, 1.54) is 7.11 Å². The number of aromatic nitrogens is 4. The molecule has 1 N–H and O–H groups in total. The minimum absolute atomic E-state index is 0.432. The smallest absolute Gasteiger partial charge is 0.338 e. The van der Waals surface area contributed by atoms with Crippen molar-refractivity contribution in [3.05, 3.63) is 39.5 Å². The Morgan fingerprint density at radius 1 is 1.44 bits per heavy atom. The minimum atomic E-state index is -0.553. The van der Waals surface area contributed by atoms with Gasteiger partial charge in [-0.3, -0.25) is 0 Å². The zero-order valence-corrected chi connectivity index (χ0v) is 15.7. The van der Waals surface area contributed by atoms with Gasteiger partial charge in [-0.05, 0) is 42.0 Å². The highest BCUT2D eigenvalue weighted by molar-refractivity contribution is 9.10. The van der Waals surface area contributed by atoms with E-state index in [9.17, 15) is 4.79 Å². The van der Waals surface area contributed by atoms with Crippen LogP contribution in [0.1, 0.15) is 31.9 Å². The monoisotopic (exact) mass is 407 g/mol. The fourth-order valence-corrected chi connectivity index (χ4v) is 3.13. The summed E-state index contributed by atoms with van der Waals surface area (Å²) in [7, 11) is 1.35. The Balaban J connectivity index is 2.19. The van der Waals surface area contributed by atoms with E-state index in [4.69, 9.17) is 9.47 Å². The van der Waals surface area contributed by atoms with Crippen molar-refractivity contribution in [2.24, 2.45) is 0 Å². The van der Waals surface area contributed by atoms with E-state index >= 15 is 0 Å². The lowest BCUT2D eigenvalue weighted by molar-refractivity contribution is -0.136. The summed E-state index contributed by atoms with van der Waals surface area (Å²) in [6.07, 6.45) is 0.872. The number of allylic oxidation sites excluding steroid dienone is 1. The largest absolute Gasteiger partial charge is 0.493 e. The molecule has 0 unspecified atom stereocenters. The van der Waals surface area contributed by atoms with Crippen LogP contribution >= 0.6 is 15.9 Å². The first-order valence-corrected chi connectivity index (χ1v) is 8.62. The number of nitrogens with zero attached hydrogens (tertiary/aromatic N) is 4. The average Bonchev–Trinajstić information content (AvgIpc) is 3.06. The van der Waals surface area contributed by atoms with Gasteiger partial charge in [0.05, 0.1) is 19.3 Å². The number of carbonyl (C=O) groups excluding carboxylic acids is 1. The minimum Gasteiger partial charge on any atom is -0.493 e. The van der Waals surface area contributed by atoms with Gasteiger partial charge in [0.2, 0.25) is 5.95 Å². The molecule has 8 nitrogen and oxygen atoms in total. The van der Waals surface area contributed by atoms with Gasteiger partial charge in [0.1, 0.15) is 11.8 Å². The molecule has 1 aliphatic heterocycles. The first-order valence-electron chi connectivity index (χ1n) is 7.83. The van der Waals surface area contributed by atoms with Gasteiger partial charge in [-0.15, -0.1) is 0 Å². The van der Waals surface area contributed by atoms with Gasteiger partial charge >= 0.3 is 5.97 Å². The summed E-state index contributed by atoms with van der Waals surface area (Å²) in [4.78, 5) is 12.4. The van der Waals surface area contributed by atoms with Crippen LogP contribution in [-0.4, -0.2) is 39.9 Å². The molecule has 1 aromatic heterocycles. The summed E-state index contributed by atoms with van der Waals surface area (Å²) in [6.45, 7) is 4.40. The molecule has 1 aliphatic rings. The lowest BCUT2D eigenvalue weighted by atomic mass is 9.95. The maximum Gasteiger partial charge on any atom is 0.338 e. The number of carbonyl (C=O) groups is 1. The summed E-state index contributed by atoms with van der Waals surface area (Å²) in [5, 5.41) is 14.8. The van der Waals surface area contributed by atoms with Gasteiger partial charge in [-0.2, -0.15) is 4.68 Å².